The van der Waals surface area contributed by atoms with Crippen molar-refractivity contribution in [2.45, 2.75) is 32.3 Å². The van der Waals surface area contributed by atoms with Crippen molar-refractivity contribution in [3.63, 3.8) is 0 Å². The predicted octanol–water partition coefficient (Wildman–Crippen LogP) is 1.02. The maximum atomic E-state index is 11.1. The molecule has 0 aromatic heterocycles. The Kier molecular flexibility index (Phi) is 4.21. The Balaban J connectivity index is 2.50. The van der Waals surface area contributed by atoms with Crippen LogP contribution < -0.4 is 0 Å². The molecule has 0 aromatic rings. The summed E-state index contributed by atoms with van der Waals surface area (Å²) in [5.74, 6) is 5.24. The highest BCUT2D eigenvalue weighted by atomic mass is 16.6. The van der Waals surface area contributed by atoms with Crippen LogP contribution in [0.2, 0.25) is 0 Å². The van der Waals surface area contributed by atoms with Gasteiger partial charge in [-0.05, 0) is 12.5 Å². The Morgan fingerprint density at radius 3 is 3.00 bits per heavy atom. The van der Waals surface area contributed by atoms with Crippen molar-refractivity contribution < 1.29 is 14.6 Å². The number of hydrogen-bond donors (Lipinski definition) is 1. The summed E-state index contributed by atoms with van der Waals surface area (Å²) in [6.45, 7) is 1.92. The Labute approximate surface area is 83.8 Å². The molecule has 1 heterocycles. The Hall–Kier alpha value is -1.27. The van der Waals surface area contributed by atoms with E-state index in [1.165, 1.54) is 0 Å². The largest absolute Gasteiger partial charge is 0.452 e. The summed E-state index contributed by atoms with van der Waals surface area (Å²) in [5, 5.41) is 8.74. The first-order valence-electron chi connectivity index (χ1n) is 4.80. The normalized spacial score (nSPS) is 19.7. The van der Waals surface area contributed by atoms with Crippen molar-refractivity contribution in [3.05, 3.63) is 11.6 Å². The molecule has 0 spiro atoms. The van der Waals surface area contributed by atoms with Gasteiger partial charge in [-0.1, -0.05) is 25.2 Å². The highest BCUT2D eigenvalue weighted by Crippen LogP contribution is 2.12. The lowest BCUT2D eigenvalue weighted by Gasteiger charge is -2.00. The highest BCUT2D eigenvalue weighted by Gasteiger charge is 2.23. The second kappa shape index (κ2) is 5.46. The van der Waals surface area contributed by atoms with Crippen LogP contribution in [-0.2, 0) is 9.53 Å². The van der Waals surface area contributed by atoms with Crippen LogP contribution in [0, 0.1) is 11.8 Å². The van der Waals surface area contributed by atoms with Gasteiger partial charge in [-0.3, -0.25) is 0 Å². The van der Waals surface area contributed by atoms with Crippen LogP contribution in [0.3, 0.4) is 0 Å². The highest BCUT2D eigenvalue weighted by molar-refractivity contribution is 5.95. The predicted molar refractivity (Wildman–Crippen MR) is 52.3 cm³/mol. The van der Waals surface area contributed by atoms with Crippen molar-refractivity contribution in [2.24, 2.45) is 0 Å². The standard InChI is InChI=1S/C11H14O3/c1-2-3-4-5-6-9-7-10(8-12)14-11(9)13/h7,10,12H,2-4,8H2,1H3. The number of cyclic esters (lactones) is 1. The first kappa shape index (κ1) is 10.8. The molecule has 76 valence electrons. The molecular weight excluding hydrogens is 180 g/mol. The van der Waals surface area contributed by atoms with Crippen LogP contribution in [0.4, 0.5) is 0 Å². The third kappa shape index (κ3) is 2.90. The first-order chi connectivity index (χ1) is 6.77. The molecule has 3 nitrogen and oxygen atoms in total. The molecule has 1 aliphatic heterocycles. The van der Waals surface area contributed by atoms with Gasteiger partial charge >= 0.3 is 5.97 Å². The van der Waals surface area contributed by atoms with E-state index in [1.807, 2.05) is 0 Å². The number of unbranched alkanes of at least 4 members (excludes halogenated alkanes) is 2. The summed E-state index contributed by atoms with van der Waals surface area (Å²) in [6, 6.07) is 0. The van der Waals surface area contributed by atoms with Gasteiger partial charge in [0.2, 0.25) is 0 Å². The first-order valence-corrected chi connectivity index (χ1v) is 4.80. The molecule has 1 N–H and O–H groups in total. The molecule has 1 aliphatic rings. The minimum atomic E-state index is -0.502. The van der Waals surface area contributed by atoms with Crippen molar-refractivity contribution in [2.75, 3.05) is 6.61 Å². The van der Waals surface area contributed by atoms with Crippen LogP contribution in [-0.4, -0.2) is 23.8 Å². The van der Waals surface area contributed by atoms with Crippen LogP contribution in [0.1, 0.15) is 26.2 Å². The summed E-state index contributed by atoms with van der Waals surface area (Å²) in [6.07, 6.45) is 4.00. The SMILES string of the molecule is CCCCC#CC1=CC(CO)OC1=O. The van der Waals surface area contributed by atoms with Crippen LogP contribution >= 0.6 is 0 Å². The third-order valence-corrected chi connectivity index (χ3v) is 1.89. The average Bonchev–Trinajstić information content (AvgIpc) is 2.54. The monoisotopic (exact) mass is 194 g/mol. The maximum absolute atomic E-state index is 11.1. The van der Waals surface area contributed by atoms with Gasteiger partial charge in [0.05, 0.1) is 6.61 Å². The minimum Gasteiger partial charge on any atom is -0.452 e. The summed E-state index contributed by atoms with van der Waals surface area (Å²) < 4.78 is 4.80. The number of rotatable bonds is 3. The molecule has 0 fully saturated rings. The van der Waals surface area contributed by atoms with Crippen molar-refractivity contribution >= 4 is 5.97 Å². The molecular formula is C11H14O3. The fourth-order valence-corrected chi connectivity index (χ4v) is 1.09. The van der Waals surface area contributed by atoms with Gasteiger partial charge in [0.25, 0.3) is 0 Å². The molecule has 0 bridgehead atoms. The zero-order valence-electron chi connectivity index (χ0n) is 8.25. The van der Waals surface area contributed by atoms with Crippen LogP contribution in [0.15, 0.2) is 11.6 Å². The zero-order chi connectivity index (χ0) is 10.4. The van der Waals surface area contributed by atoms with E-state index >= 15 is 0 Å². The molecule has 0 radical (unpaired) electrons. The summed E-state index contributed by atoms with van der Waals surface area (Å²) >= 11 is 0. The van der Waals surface area contributed by atoms with Gasteiger partial charge in [-0.2, -0.15) is 0 Å². The quantitative estimate of drug-likeness (QED) is 0.414. The Bertz CT molecular complexity index is 293. The number of aliphatic hydroxyl groups is 1. The van der Waals surface area contributed by atoms with E-state index in [0.717, 1.165) is 19.3 Å². The number of aliphatic hydroxyl groups excluding tert-OH is 1. The van der Waals surface area contributed by atoms with Gasteiger partial charge in [-0.15, -0.1) is 0 Å². The van der Waals surface area contributed by atoms with Crippen molar-refractivity contribution in [1.29, 1.82) is 0 Å². The van der Waals surface area contributed by atoms with E-state index in [9.17, 15) is 4.79 Å². The fourth-order valence-electron chi connectivity index (χ4n) is 1.09. The number of esters is 1. The fraction of sp³-hybridized carbons (Fsp3) is 0.545. The van der Waals surface area contributed by atoms with Gasteiger partial charge in [0.15, 0.2) is 0 Å². The molecule has 0 aromatic carbocycles. The number of hydrogen-bond acceptors (Lipinski definition) is 3. The average molecular weight is 194 g/mol. The molecule has 3 heteroatoms. The molecule has 1 atom stereocenters. The molecule has 14 heavy (non-hydrogen) atoms. The molecule has 1 rings (SSSR count). The van der Waals surface area contributed by atoms with E-state index in [2.05, 4.69) is 18.8 Å². The van der Waals surface area contributed by atoms with Crippen molar-refractivity contribution in [1.82, 2.24) is 0 Å². The molecule has 1 unspecified atom stereocenters. The smallest absolute Gasteiger partial charge is 0.347 e. The molecule has 0 saturated carbocycles. The van der Waals surface area contributed by atoms with Crippen LogP contribution in [0.25, 0.3) is 0 Å². The van der Waals surface area contributed by atoms with Gasteiger partial charge < -0.3 is 9.84 Å². The summed E-state index contributed by atoms with van der Waals surface area (Å²) in [5.41, 5.74) is 0.375. The van der Waals surface area contributed by atoms with Gasteiger partial charge in [0, 0.05) is 6.42 Å². The van der Waals surface area contributed by atoms with E-state index in [0.29, 0.717) is 5.57 Å². The van der Waals surface area contributed by atoms with E-state index in [1.54, 1.807) is 6.08 Å². The molecule has 0 aliphatic carbocycles. The lowest BCUT2D eigenvalue weighted by molar-refractivity contribution is -0.140. The van der Waals surface area contributed by atoms with Crippen LogP contribution in [0.5, 0.6) is 0 Å². The van der Waals surface area contributed by atoms with E-state index in [4.69, 9.17) is 9.84 Å². The van der Waals surface area contributed by atoms with E-state index < -0.39 is 12.1 Å². The molecule has 0 saturated heterocycles. The summed E-state index contributed by atoms with van der Waals surface area (Å²) in [7, 11) is 0. The van der Waals surface area contributed by atoms with Gasteiger partial charge in [-0.25, -0.2) is 4.79 Å². The second-order valence-corrected chi connectivity index (χ2v) is 3.11. The third-order valence-electron chi connectivity index (χ3n) is 1.89. The number of carbonyl (C=O) groups is 1. The summed E-state index contributed by atoms with van der Waals surface area (Å²) in [4.78, 5) is 11.1. The maximum Gasteiger partial charge on any atom is 0.347 e. The Morgan fingerprint density at radius 1 is 1.64 bits per heavy atom. The van der Waals surface area contributed by atoms with E-state index in [-0.39, 0.29) is 6.61 Å². The topological polar surface area (TPSA) is 46.5 Å². The number of ether oxygens (including phenoxy) is 1. The molecule has 0 amide bonds. The Morgan fingerprint density at radius 2 is 2.43 bits per heavy atom. The lowest BCUT2D eigenvalue weighted by atomic mass is 10.2. The second-order valence-electron chi connectivity index (χ2n) is 3.11. The van der Waals surface area contributed by atoms with Gasteiger partial charge in [0.1, 0.15) is 11.7 Å². The lowest BCUT2D eigenvalue weighted by Crippen LogP contribution is -2.11. The number of carbonyl (C=O) groups excluding carboxylic acids is 1. The zero-order valence-corrected chi connectivity index (χ0v) is 8.25. The minimum absolute atomic E-state index is 0.175. The van der Waals surface area contributed by atoms with Crippen molar-refractivity contribution in [3.8, 4) is 11.8 Å².